The summed E-state index contributed by atoms with van der Waals surface area (Å²) in [6.07, 6.45) is 10.0. The van der Waals surface area contributed by atoms with Gasteiger partial charge in [0, 0.05) is 5.56 Å². The average molecular weight is 487 g/mol. The van der Waals surface area contributed by atoms with Crippen molar-refractivity contribution in [2.75, 3.05) is 0 Å². The van der Waals surface area contributed by atoms with Crippen LogP contribution in [0, 0.1) is 29.2 Å². The number of aryl methyl sites for hydroxylation is 1. The van der Waals surface area contributed by atoms with Crippen LogP contribution in [0.1, 0.15) is 50.2 Å². The molecule has 0 heterocycles. The normalized spacial score (nSPS) is 15.8. The molecule has 4 rings (SSSR count). The Kier molecular flexibility index (Phi) is 8.40. The van der Waals surface area contributed by atoms with Gasteiger partial charge < -0.3 is 0 Å². The van der Waals surface area contributed by atoms with Gasteiger partial charge in [-0.15, -0.1) is 0 Å². The van der Waals surface area contributed by atoms with E-state index in [4.69, 9.17) is 7.49 Å². The first-order valence-corrected chi connectivity index (χ1v) is 12.4. The molecular formula is C31H28BF4. The summed E-state index contributed by atoms with van der Waals surface area (Å²) >= 11 is 0. The quantitative estimate of drug-likeness (QED) is 0.129. The molecule has 1 aliphatic rings. The van der Waals surface area contributed by atoms with Gasteiger partial charge in [-0.1, -0.05) is 24.3 Å². The SMILES string of the molecule is [B]=CC1CC=C(c2ccc(-c3ccc(-c4ccc(CCC/C=C\C)c(F)c4F)cc3)c(F)c2F)CC1. The molecule has 0 nitrogen and oxygen atoms in total. The van der Waals surface area contributed by atoms with Crippen molar-refractivity contribution in [2.45, 2.75) is 45.4 Å². The third-order valence-electron chi connectivity index (χ3n) is 6.87. The van der Waals surface area contributed by atoms with Crippen molar-refractivity contribution in [3.05, 3.63) is 101 Å². The molecule has 1 aliphatic carbocycles. The van der Waals surface area contributed by atoms with E-state index in [1.54, 1.807) is 54.5 Å². The van der Waals surface area contributed by atoms with Crippen LogP contribution in [0.15, 0.2) is 66.8 Å². The van der Waals surface area contributed by atoms with Gasteiger partial charge in [-0.2, -0.15) is 0 Å². The van der Waals surface area contributed by atoms with Crippen molar-refractivity contribution >= 4 is 19.0 Å². The third-order valence-corrected chi connectivity index (χ3v) is 6.87. The van der Waals surface area contributed by atoms with Crippen LogP contribution in [0.25, 0.3) is 27.8 Å². The predicted octanol–water partition coefficient (Wildman–Crippen LogP) is 8.63. The summed E-state index contributed by atoms with van der Waals surface area (Å²) in [7, 11) is 5.59. The summed E-state index contributed by atoms with van der Waals surface area (Å²) in [6.45, 7) is 1.92. The molecule has 0 aromatic heterocycles. The molecule has 1 radical (unpaired) electrons. The summed E-state index contributed by atoms with van der Waals surface area (Å²) in [5.41, 5.74) is 2.58. The van der Waals surface area contributed by atoms with E-state index < -0.39 is 23.3 Å². The molecule has 0 fully saturated rings. The van der Waals surface area contributed by atoms with Crippen LogP contribution >= 0.6 is 0 Å². The maximum atomic E-state index is 15.0. The van der Waals surface area contributed by atoms with Crippen molar-refractivity contribution < 1.29 is 17.6 Å². The number of unbranched alkanes of at least 4 members (excludes halogenated alkanes) is 1. The van der Waals surface area contributed by atoms with Crippen molar-refractivity contribution in [3.8, 4) is 22.3 Å². The zero-order valence-electron chi connectivity index (χ0n) is 20.3. The van der Waals surface area contributed by atoms with Gasteiger partial charge in [0.15, 0.2) is 11.6 Å². The van der Waals surface area contributed by atoms with Gasteiger partial charge in [-0.25, -0.2) is 8.78 Å². The number of hydrogen-bond donors (Lipinski definition) is 0. The van der Waals surface area contributed by atoms with Crippen LogP contribution in [-0.4, -0.2) is 13.5 Å². The second kappa shape index (κ2) is 11.7. The summed E-state index contributed by atoms with van der Waals surface area (Å²) in [5, 5.41) is 0. The van der Waals surface area contributed by atoms with E-state index >= 15 is 4.39 Å². The van der Waals surface area contributed by atoms with E-state index in [1.165, 1.54) is 0 Å². The standard InChI is InChI=1S/C31H28BF4/c1-2-3-4-5-6-24-15-16-25(29(34)28(24)33)22-11-13-23(14-12-22)27-18-17-26(30(35)31(27)36)21-9-7-20(19-32)8-10-21/h2-3,9,11-20H,4-8,10H2,1H3/b3-2-. The second-order valence-electron chi connectivity index (χ2n) is 9.18. The summed E-state index contributed by atoms with van der Waals surface area (Å²) in [5.74, 6) is -1.63. The van der Waals surface area contributed by atoms with E-state index in [2.05, 4.69) is 0 Å². The van der Waals surface area contributed by atoms with E-state index in [1.807, 2.05) is 25.2 Å². The molecule has 0 bridgehead atoms. The molecule has 0 amide bonds. The summed E-state index contributed by atoms with van der Waals surface area (Å²) in [6, 6.07) is 12.7. The van der Waals surface area contributed by atoms with Crippen molar-refractivity contribution in [1.82, 2.24) is 0 Å². The first kappa shape index (κ1) is 25.9. The molecule has 1 unspecified atom stereocenters. The molecule has 1 atom stereocenters. The number of rotatable bonds is 8. The molecule has 0 aliphatic heterocycles. The molecule has 183 valence electrons. The average Bonchev–Trinajstić information content (AvgIpc) is 2.91. The van der Waals surface area contributed by atoms with Gasteiger partial charge in [-0.3, -0.25) is 0 Å². The van der Waals surface area contributed by atoms with Gasteiger partial charge in [-0.05, 0) is 37.3 Å². The molecule has 3 aromatic carbocycles. The van der Waals surface area contributed by atoms with E-state index in [0.29, 0.717) is 36.0 Å². The van der Waals surface area contributed by atoms with Gasteiger partial charge in [0.1, 0.15) is 0 Å². The van der Waals surface area contributed by atoms with Gasteiger partial charge in [0.25, 0.3) is 0 Å². The molecule has 0 N–H and O–H groups in total. The molecule has 36 heavy (non-hydrogen) atoms. The topological polar surface area (TPSA) is 0 Å². The van der Waals surface area contributed by atoms with Crippen LogP contribution in [-0.2, 0) is 6.42 Å². The Hall–Kier alpha value is -3.21. The van der Waals surface area contributed by atoms with Gasteiger partial charge in [0.2, 0.25) is 0 Å². The van der Waals surface area contributed by atoms with E-state index in [9.17, 15) is 13.2 Å². The Labute approximate surface area is 211 Å². The Balaban J connectivity index is 1.56. The zero-order valence-corrected chi connectivity index (χ0v) is 20.3. The second-order valence-corrected chi connectivity index (χ2v) is 9.18. The van der Waals surface area contributed by atoms with E-state index in [-0.39, 0.29) is 22.6 Å². The summed E-state index contributed by atoms with van der Waals surface area (Å²) in [4.78, 5) is 0. The van der Waals surface area contributed by atoms with Crippen LogP contribution in [0.5, 0.6) is 0 Å². The maximum absolute atomic E-state index is 15.0. The third kappa shape index (κ3) is 5.45. The Morgan fingerprint density at radius 1 is 0.806 bits per heavy atom. The molecule has 5 heteroatoms. The van der Waals surface area contributed by atoms with Crippen LogP contribution in [0.2, 0.25) is 0 Å². The first-order chi connectivity index (χ1) is 17.4. The van der Waals surface area contributed by atoms with E-state index in [0.717, 1.165) is 24.8 Å². The fourth-order valence-corrected chi connectivity index (χ4v) is 4.71. The van der Waals surface area contributed by atoms with Crippen molar-refractivity contribution in [1.29, 1.82) is 0 Å². The molecule has 0 saturated carbocycles. The summed E-state index contributed by atoms with van der Waals surface area (Å²) < 4.78 is 59.5. The molecule has 0 spiro atoms. The predicted molar refractivity (Wildman–Crippen MR) is 142 cm³/mol. The minimum absolute atomic E-state index is 0.121. The number of benzene rings is 3. The Morgan fingerprint density at radius 3 is 1.97 bits per heavy atom. The Bertz CT molecular complexity index is 1310. The fourth-order valence-electron chi connectivity index (χ4n) is 4.71. The molecular weight excluding hydrogens is 459 g/mol. The van der Waals surface area contributed by atoms with Crippen molar-refractivity contribution in [3.63, 3.8) is 0 Å². The van der Waals surface area contributed by atoms with Crippen LogP contribution < -0.4 is 0 Å². The first-order valence-electron chi connectivity index (χ1n) is 12.4. The van der Waals surface area contributed by atoms with Crippen LogP contribution in [0.3, 0.4) is 0 Å². The fraction of sp³-hybridized carbons (Fsp3) is 0.258. The molecule has 0 saturated heterocycles. The molecule has 3 aromatic rings. The van der Waals surface area contributed by atoms with Gasteiger partial charge >= 0.3 is 124 Å². The number of hydrogen-bond acceptors (Lipinski definition) is 0. The van der Waals surface area contributed by atoms with Crippen molar-refractivity contribution in [2.24, 2.45) is 5.92 Å². The van der Waals surface area contributed by atoms with Gasteiger partial charge in [0.05, 0.1) is 0 Å². The number of allylic oxidation sites excluding steroid dienone is 4. The number of halogens is 4. The Morgan fingerprint density at radius 2 is 1.39 bits per heavy atom. The monoisotopic (exact) mass is 487 g/mol. The zero-order chi connectivity index (χ0) is 25.7. The van der Waals surface area contributed by atoms with Crippen LogP contribution in [0.4, 0.5) is 17.6 Å². The minimum atomic E-state index is -0.923.